The molecule has 0 unspecified atom stereocenters. The highest BCUT2D eigenvalue weighted by atomic mass is 19.4. The zero-order valence-electron chi connectivity index (χ0n) is 21.1. The number of alkyl halides is 3. The van der Waals surface area contributed by atoms with Gasteiger partial charge in [-0.05, 0) is 56.3 Å². The van der Waals surface area contributed by atoms with Gasteiger partial charge in [-0.25, -0.2) is 4.98 Å². The van der Waals surface area contributed by atoms with Gasteiger partial charge in [0.25, 0.3) is 5.91 Å². The Kier molecular flexibility index (Phi) is 6.70. The Morgan fingerprint density at radius 3 is 2.45 bits per heavy atom. The number of fused-ring (bicyclic) bond motifs is 1. The van der Waals surface area contributed by atoms with Crippen LogP contribution in [0.1, 0.15) is 29.9 Å². The summed E-state index contributed by atoms with van der Waals surface area (Å²) in [6.07, 6.45) is -2.87. The number of carbonyl (C=O) groups is 1. The predicted molar refractivity (Wildman–Crippen MR) is 138 cm³/mol. The SMILES string of the molecule is CC(C)N1CC(NC(=O)c2cc(Oc3ccc4c(c3)nc(Nc3ccc(C(F)(F)F)cc3)n4C)ccn2)C1. The van der Waals surface area contributed by atoms with Crippen LogP contribution in [0.5, 0.6) is 11.5 Å². The van der Waals surface area contributed by atoms with Crippen LogP contribution in [-0.2, 0) is 13.2 Å². The summed E-state index contributed by atoms with van der Waals surface area (Å²) in [6.45, 7) is 5.89. The van der Waals surface area contributed by atoms with Crippen molar-refractivity contribution in [3.8, 4) is 11.5 Å². The molecule has 38 heavy (non-hydrogen) atoms. The number of anilines is 2. The van der Waals surface area contributed by atoms with Gasteiger partial charge in [-0.1, -0.05) is 0 Å². The topological polar surface area (TPSA) is 84.3 Å². The lowest BCUT2D eigenvalue weighted by atomic mass is 10.1. The minimum atomic E-state index is -4.39. The Morgan fingerprint density at radius 1 is 1.05 bits per heavy atom. The number of pyridine rings is 1. The smallest absolute Gasteiger partial charge is 0.416 e. The van der Waals surface area contributed by atoms with Crippen LogP contribution in [0.2, 0.25) is 0 Å². The summed E-state index contributed by atoms with van der Waals surface area (Å²) in [4.78, 5) is 23.7. The maximum absolute atomic E-state index is 12.8. The first-order chi connectivity index (χ1) is 18.1. The van der Waals surface area contributed by atoms with E-state index in [9.17, 15) is 18.0 Å². The highest BCUT2D eigenvalue weighted by Gasteiger charge is 2.31. The van der Waals surface area contributed by atoms with Gasteiger partial charge in [-0.3, -0.25) is 14.7 Å². The number of ether oxygens (including phenoxy) is 1. The third-order valence-electron chi connectivity index (χ3n) is 6.50. The number of halogens is 3. The van der Waals surface area contributed by atoms with Crippen LogP contribution in [0, 0.1) is 0 Å². The molecule has 1 fully saturated rings. The molecule has 0 spiro atoms. The number of aryl methyl sites for hydroxylation is 1. The van der Waals surface area contributed by atoms with Gasteiger partial charge in [0.2, 0.25) is 5.95 Å². The minimum absolute atomic E-state index is 0.105. The standard InChI is InChI=1S/C27H27F3N6O2/c1-16(2)36-14-19(15-36)32-25(37)23-13-21(10-11-31-23)38-20-8-9-24-22(12-20)34-26(35(24)3)33-18-6-4-17(5-7-18)27(28,29)30/h4-13,16,19H,14-15H2,1-3H3,(H,32,37)(H,33,34). The predicted octanol–water partition coefficient (Wildman–Crippen LogP) is 5.35. The van der Waals surface area contributed by atoms with Crippen molar-refractivity contribution in [1.82, 2.24) is 24.8 Å². The molecule has 3 heterocycles. The summed E-state index contributed by atoms with van der Waals surface area (Å²) >= 11 is 0. The van der Waals surface area contributed by atoms with E-state index in [4.69, 9.17) is 4.74 Å². The molecule has 2 aromatic carbocycles. The van der Waals surface area contributed by atoms with E-state index in [1.54, 1.807) is 35.9 Å². The van der Waals surface area contributed by atoms with Crippen molar-refractivity contribution >= 4 is 28.6 Å². The van der Waals surface area contributed by atoms with Crippen LogP contribution in [0.3, 0.4) is 0 Å². The highest BCUT2D eigenvalue weighted by Crippen LogP contribution is 2.31. The van der Waals surface area contributed by atoms with E-state index in [0.717, 1.165) is 30.7 Å². The summed E-state index contributed by atoms with van der Waals surface area (Å²) in [6, 6.07) is 13.9. The molecule has 198 valence electrons. The van der Waals surface area contributed by atoms with E-state index in [0.29, 0.717) is 34.7 Å². The Hall–Kier alpha value is -4.12. The first kappa shape index (κ1) is 25.5. The van der Waals surface area contributed by atoms with E-state index in [2.05, 4.69) is 39.3 Å². The van der Waals surface area contributed by atoms with Gasteiger partial charge in [0, 0.05) is 50.2 Å². The second-order valence-corrected chi connectivity index (χ2v) is 9.54. The van der Waals surface area contributed by atoms with Gasteiger partial charge in [0.15, 0.2) is 0 Å². The number of hydrogen-bond acceptors (Lipinski definition) is 6. The van der Waals surface area contributed by atoms with Crippen molar-refractivity contribution in [3.63, 3.8) is 0 Å². The number of nitrogens with zero attached hydrogens (tertiary/aromatic N) is 4. The third-order valence-corrected chi connectivity index (χ3v) is 6.50. The maximum Gasteiger partial charge on any atom is 0.416 e. The molecular weight excluding hydrogens is 497 g/mol. The van der Waals surface area contributed by atoms with Crippen LogP contribution < -0.4 is 15.4 Å². The lowest BCUT2D eigenvalue weighted by Crippen LogP contribution is -2.61. The molecule has 0 atom stereocenters. The molecule has 0 bridgehead atoms. The molecular formula is C27H27F3N6O2. The molecule has 1 saturated heterocycles. The number of amides is 1. The molecule has 1 aliphatic rings. The van der Waals surface area contributed by atoms with E-state index < -0.39 is 11.7 Å². The molecule has 4 aromatic rings. The summed E-state index contributed by atoms with van der Waals surface area (Å²) in [7, 11) is 1.80. The Balaban J connectivity index is 1.27. The van der Waals surface area contributed by atoms with E-state index >= 15 is 0 Å². The number of imidazole rings is 1. The fourth-order valence-corrected chi connectivity index (χ4v) is 4.25. The number of aromatic nitrogens is 3. The van der Waals surface area contributed by atoms with Gasteiger partial charge in [0.1, 0.15) is 17.2 Å². The van der Waals surface area contributed by atoms with Crippen molar-refractivity contribution in [2.45, 2.75) is 32.1 Å². The summed E-state index contributed by atoms with van der Waals surface area (Å²) in [5.74, 6) is 1.19. The number of carbonyl (C=O) groups excluding carboxylic acids is 1. The lowest BCUT2D eigenvalue weighted by molar-refractivity contribution is -0.137. The van der Waals surface area contributed by atoms with Crippen LogP contribution in [0.25, 0.3) is 11.0 Å². The Morgan fingerprint density at radius 2 is 1.76 bits per heavy atom. The second-order valence-electron chi connectivity index (χ2n) is 9.54. The summed E-state index contributed by atoms with van der Waals surface area (Å²) in [5.41, 5.74) is 1.47. The fraction of sp³-hybridized carbons (Fsp3) is 0.296. The normalized spacial score (nSPS) is 14.5. The van der Waals surface area contributed by atoms with Crippen molar-refractivity contribution in [2.24, 2.45) is 7.05 Å². The molecule has 2 N–H and O–H groups in total. The van der Waals surface area contributed by atoms with Crippen LogP contribution >= 0.6 is 0 Å². The van der Waals surface area contributed by atoms with Crippen LogP contribution in [0.4, 0.5) is 24.8 Å². The molecule has 0 radical (unpaired) electrons. The average molecular weight is 525 g/mol. The Bertz CT molecular complexity index is 1460. The summed E-state index contributed by atoms with van der Waals surface area (Å²) < 4.78 is 46.3. The number of nitrogens with one attached hydrogen (secondary N) is 2. The van der Waals surface area contributed by atoms with E-state index in [1.165, 1.54) is 18.3 Å². The maximum atomic E-state index is 12.8. The number of benzene rings is 2. The number of hydrogen-bond donors (Lipinski definition) is 2. The minimum Gasteiger partial charge on any atom is -0.457 e. The Labute approximate surface area is 217 Å². The van der Waals surface area contributed by atoms with Gasteiger partial charge in [-0.2, -0.15) is 13.2 Å². The fourth-order valence-electron chi connectivity index (χ4n) is 4.25. The molecule has 5 rings (SSSR count). The van der Waals surface area contributed by atoms with Crippen molar-refractivity contribution < 1.29 is 22.7 Å². The van der Waals surface area contributed by atoms with Crippen LogP contribution in [-0.4, -0.2) is 50.5 Å². The molecule has 11 heteroatoms. The summed E-state index contributed by atoms with van der Waals surface area (Å²) in [5, 5.41) is 6.05. The van der Waals surface area contributed by atoms with Gasteiger partial charge < -0.3 is 19.9 Å². The van der Waals surface area contributed by atoms with Crippen molar-refractivity contribution in [2.75, 3.05) is 18.4 Å². The van der Waals surface area contributed by atoms with E-state index in [1.807, 2.05) is 6.07 Å². The van der Waals surface area contributed by atoms with Gasteiger partial charge >= 0.3 is 6.18 Å². The van der Waals surface area contributed by atoms with Gasteiger partial charge in [0.05, 0.1) is 22.6 Å². The zero-order chi connectivity index (χ0) is 27.0. The largest absolute Gasteiger partial charge is 0.457 e. The molecule has 0 saturated carbocycles. The zero-order valence-corrected chi connectivity index (χ0v) is 21.1. The molecule has 1 aliphatic heterocycles. The van der Waals surface area contributed by atoms with Crippen molar-refractivity contribution in [1.29, 1.82) is 0 Å². The third kappa shape index (κ3) is 5.42. The highest BCUT2D eigenvalue weighted by molar-refractivity contribution is 5.93. The van der Waals surface area contributed by atoms with Crippen LogP contribution in [0.15, 0.2) is 60.8 Å². The first-order valence-corrected chi connectivity index (χ1v) is 12.2. The monoisotopic (exact) mass is 524 g/mol. The lowest BCUT2D eigenvalue weighted by Gasteiger charge is -2.42. The molecule has 0 aliphatic carbocycles. The van der Waals surface area contributed by atoms with E-state index in [-0.39, 0.29) is 17.6 Å². The quantitative estimate of drug-likeness (QED) is 0.339. The molecule has 2 aromatic heterocycles. The number of likely N-dealkylation sites (tertiary alicyclic amines) is 1. The first-order valence-electron chi connectivity index (χ1n) is 12.2. The second kappa shape index (κ2) is 9.97. The van der Waals surface area contributed by atoms with Crippen molar-refractivity contribution in [3.05, 3.63) is 72.1 Å². The molecule has 8 nitrogen and oxygen atoms in total. The average Bonchev–Trinajstić information content (AvgIpc) is 3.15. The molecule has 1 amide bonds. The number of rotatable bonds is 7. The van der Waals surface area contributed by atoms with Gasteiger partial charge in [-0.15, -0.1) is 0 Å².